The maximum absolute atomic E-state index is 14.0. The van der Waals surface area contributed by atoms with E-state index in [0.29, 0.717) is 26.2 Å². The number of hydrogen-bond acceptors (Lipinski definition) is 10. The number of hydrogen-bond donors (Lipinski definition) is 0. The van der Waals surface area contributed by atoms with Crippen LogP contribution in [0.3, 0.4) is 0 Å². The second-order valence-electron chi connectivity index (χ2n) is 15.2. The van der Waals surface area contributed by atoms with E-state index in [9.17, 15) is 34.4 Å². The summed E-state index contributed by atoms with van der Waals surface area (Å²) in [5.41, 5.74) is 9.41. The van der Waals surface area contributed by atoms with Crippen LogP contribution in [0.4, 0.5) is 27.8 Å². The summed E-state index contributed by atoms with van der Waals surface area (Å²) in [5, 5.41) is 5.71. The van der Waals surface area contributed by atoms with E-state index in [1.807, 2.05) is 32.7 Å². The van der Waals surface area contributed by atoms with Gasteiger partial charge in [-0.15, -0.1) is 22.7 Å². The molecule has 0 aliphatic carbocycles. The van der Waals surface area contributed by atoms with Crippen LogP contribution in [-0.4, -0.2) is 87.8 Å². The quantitative estimate of drug-likeness (QED) is 0.127. The molecule has 0 amide bonds. The van der Waals surface area contributed by atoms with Crippen LogP contribution in [0, 0.1) is 51.0 Å². The van der Waals surface area contributed by atoms with Gasteiger partial charge in [0.25, 0.3) is 0 Å². The van der Waals surface area contributed by atoms with E-state index in [-0.39, 0.29) is 26.2 Å². The van der Waals surface area contributed by atoms with Gasteiger partial charge in [-0.2, -0.15) is 8.61 Å². The molecule has 0 N–H and O–H groups in total. The third-order valence-corrected chi connectivity index (χ3v) is 17.0. The second kappa shape index (κ2) is 18.9. The highest BCUT2D eigenvalue weighted by molar-refractivity contribution is 7.89. The van der Waals surface area contributed by atoms with Crippen molar-refractivity contribution in [1.29, 1.82) is 0 Å². The lowest BCUT2D eigenvalue weighted by molar-refractivity contribution is 0.378. The first-order valence-electron chi connectivity index (χ1n) is 19.9. The summed E-state index contributed by atoms with van der Waals surface area (Å²) in [6.07, 6.45) is 1.49. The lowest BCUT2D eigenvalue weighted by Crippen LogP contribution is -2.49. The summed E-state index contributed by atoms with van der Waals surface area (Å²) in [5.74, 6) is -4.28. The second-order valence-corrected chi connectivity index (χ2v) is 20.6. The SMILES string of the molecule is Cc1cccc(C)c1Cc1csc(N2CCN(S(=O)(=O)c3c(F)cccc3F)CC2)n1.Cc1cccc(Cc2csc(N3CCN(S(=O)(=O)c4c(F)cccc4F)CC3)n2)c1C. The largest absolute Gasteiger partial charge is 0.345 e. The van der Waals surface area contributed by atoms with Crippen LogP contribution in [-0.2, 0) is 32.9 Å². The Bertz CT molecular complexity index is 2720. The van der Waals surface area contributed by atoms with Crippen molar-refractivity contribution in [2.24, 2.45) is 0 Å². The van der Waals surface area contributed by atoms with Crippen LogP contribution in [0.15, 0.2) is 93.3 Å². The molecule has 10 nitrogen and oxygen atoms in total. The number of rotatable bonds is 10. The Morgan fingerprint density at radius 1 is 0.516 bits per heavy atom. The Morgan fingerprint density at radius 2 is 0.887 bits per heavy atom. The average molecular weight is 927 g/mol. The lowest BCUT2D eigenvalue weighted by atomic mass is 9.99. The molecule has 0 atom stereocenters. The van der Waals surface area contributed by atoms with E-state index in [4.69, 9.17) is 9.97 Å². The van der Waals surface area contributed by atoms with Gasteiger partial charge in [-0.3, -0.25) is 0 Å². The van der Waals surface area contributed by atoms with Crippen LogP contribution in [0.2, 0.25) is 0 Å². The van der Waals surface area contributed by atoms with Gasteiger partial charge >= 0.3 is 0 Å². The highest BCUT2D eigenvalue weighted by atomic mass is 32.2. The Morgan fingerprint density at radius 3 is 1.32 bits per heavy atom. The van der Waals surface area contributed by atoms with Gasteiger partial charge in [0.2, 0.25) is 20.0 Å². The first-order chi connectivity index (χ1) is 29.5. The van der Waals surface area contributed by atoms with Crippen molar-refractivity contribution in [3.63, 3.8) is 0 Å². The molecule has 0 saturated carbocycles. The minimum atomic E-state index is -4.23. The Kier molecular flexibility index (Phi) is 13.8. The number of nitrogens with zero attached hydrogens (tertiary/aromatic N) is 6. The fourth-order valence-electron chi connectivity index (χ4n) is 7.51. The predicted molar refractivity (Wildman–Crippen MR) is 236 cm³/mol. The molecule has 2 saturated heterocycles. The van der Waals surface area contributed by atoms with Crippen molar-refractivity contribution >= 4 is 53.0 Å². The fraction of sp³-hybridized carbons (Fsp3) is 0.318. The molecule has 0 unspecified atom stereocenters. The summed E-state index contributed by atoms with van der Waals surface area (Å²) < 4.78 is 109. The van der Waals surface area contributed by atoms with Crippen molar-refractivity contribution in [2.75, 3.05) is 62.2 Å². The maximum atomic E-state index is 14.0. The van der Waals surface area contributed by atoms with Crippen molar-refractivity contribution in [2.45, 2.75) is 50.3 Å². The molecule has 6 aromatic rings. The molecule has 18 heteroatoms. The minimum absolute atomic E-state index is 0.141. The molecular formula is C44H46F4N6O4S4. The minimum Gasteiger partial charge on any atom is -0.345 e. The molecule has 62 heavy (non-hydrogen) atoms. The van der Waals surface area contributed by atoms with Crippen LogP contribution in [0.5, 0.6) is 0 Å². The van der Waals surface area contributed by atoms with E-state index in [1.54, 1.807) is 0 Å². The first kappa shape index (κ1) is 45.3. The van der Waals surface area contributed by atoms with Gasteiger partial charge in [0.05, 0.1) is 11.4 Å². The number of piperazine rings is 2. The van der Waals surface area contributed by atoms with Crippen molar-refractivity contribution in [3.05, 3.63) is 152 Å². The van der Waals surface area contributed by atoms with Gasteiger partial charge in [0, 0.05) is 76.0 Å². The maximum Gasteiger partial charge on any atom is 0.249 e. The Labute approximate surface area is 368 Å². The summed E-state index contributed by atoms with van der Waals surface area (Å²) in [6.45, 7) is 10.6. The smallest absolute Gasteiger partial charge is 0.249 e. The topological polar surface area (TPSA) is 107 Å². The molecule has 0 spiro atoms. The van der Waals surface area contributed by atoms with Gasteiger partial charge in [-0.25, -0.2) is 44.4 Å². The molecular weight excluding hydrogens is 881 g/mol. The average Bonchev–Trinajstić information content (AvgIpc) is 3.91. The number of anilines is 2. The number of benzene rings is 4. The van der Waals surface area contributed by atoms with Crippen molar-refractivity contribution in [1.82, 2.24) is 18.6 Å². The summed E-state index contributed by atoms with van der Waals surface area (Å²) in [4.78, 5) is 11.7. The molecule has 2 aliphatic heterocycles. The van der Waals surface area contributed by atoms with Crippen molar-refractivity contribution < 1.29 is 34.4 Å². The zero-order valence-corrected chi connectivity index (χ0v) is 37.9. The predicted octanol–water partition coefficient (Wildman–Crippen LogP) is 8.28. The molecule has 328 valence electrons. The molecule has 2 aromatic heterocycles. The number of halogens is 4. The highest BCUT2D eigenvalue weighted by Crippen LogP contribution is 2.30. The number of aryl methyl sites for hydroxylation is 3. The molecule has 2 fully saturated rings. The monoisotopic (exact) mass is 926 g/mol. The summed E-state index contributed by atoms with van der Waals surface area (Å²) >= 11 is 3.05. The van der Waals surface area contributed by atoms with E-state index in [1.165, 1.54) is 56.1 Å². The van der Waals surface area contributed by atoms with Crippen LogP contribution in [0.25, 0.3) is 0 Å². The number of thiazole rings is 2. The highest BCUT2D eigenvalue weighted by Gasteiger charge is 2.35. The number of aromatic nitrogens is 2. The summed E-state index contributed by atoms with van der Waals surface area (Å²) in [7, 11) is -8.47. The molecule has 2 aliphatic rings. The van der Waals surface area contributed by atoms with Crippen LogP contribution >= 0.6 is 22.7 Å². The van der Waals surface area contributed by atoms with E-state index in [2.05, 4.69) is 52.0 Å². The molecule has 4 heterocycles. The standard InChI is InChI=1S/2C22H23F2N3O2S2/c1-15-5-3-6-17(16(15)2)13-18-14-30-22(25-18)26-9-11-27(12-10-26)31(28,29)21-19(23)7-4-8-20(21)24;1-15-5-3-6-16(2)18(15)13-17-14-30-22(25-17)26-9-11-27(12-10-26)31(28,29)21-19(23)7-4-8-20(21)24/h2*3-8,14H,9-13H2,1-2H3. The van der Waals surface area contributed by atoms with Gasteiger partial charge in [0.15, 0.2) is 20.1 Å². The van der Waals surface area contributed by atoms with Crippen molar-refractivity contribution in [3.8, 4) is 0 Å². The normalized spacial score (nSPS) is 15.4. The third-order valence-electron chi connectivity index (χ3n) is 11.2. The zero-order valence-electron chi connectivity index (χ0n) is 34.6. The van der Waals surface area contributed by atoms with Gasteiger partial charge in [0.1, 0.15) is 23.3 Å². The third kappa shape index (κ3) is 9.75. The fourth-order valence-corrected chi connectivity index (χ4v) is 12.3. The first-order valence-corrected chi connectivity index (χ1v) is 24.6. The van der Waals surface area contributed by atoms with Gasteiger partial charge in [-0.1, -0.05) is 48.5 Å². The Balaban J connectivity index is 0.000000186. The lowest BCUT2D eigenvalue weighted by Gasteiger charge is -2.33. The molecule has 0 bridgehead atoms. The molecule has 8 rings (SSSR count). The van der Waals surface area contributed by atoms with Gasteiger partial charge < -0.3 is 9.80 Å². The zero-order chi connectivity index (χ0) is 44.3. The van der Waals surface area contributed by atoms with E-state index in [0.717, 1.165) is 79.5 Å². The summed E-state index contributed by atoms with van der Waals surface area (Å²) in [6, 6.07) is 18.6. The molecule has 4 aromatic carbocycles. The van der Waals surface area contributed by atoms with E-state index >= 15 is 0 Å². The van der Waals surface area contributed by atoms with Gasteiger partial charge in [-0.05, 0) is 85.3 Å². The Hall–Kier alpha value is -4.72. The van der Waals surface area contributed by atoms with Crippen LogP contribution < -0.4 is 9.80 Å². The number of sulfonamides is 2. The van der Waals surface area contributed by atoms with Crippen LogP contribution in [0.1, 0.15) is 44.8 Å². The molecule has 0 radical (unpaired) electrons. The van der Waals surface area contributed by atoms with E-state index < -0.39 is 53.1 Å².